The van der Waals surface area contributed by atoms with Gasteiger partial charge >= 0.3 is 0 Å². The van der Waals surface area contributed by atoms with E-state index in [-0.39, 0.29) is 29.2 Å². The molecule has 1 aliphatic rings. The minimum absolute atomic E-state index is 0.0225. The van der Waals surface area contributed by atoms with Gasteiger partial charge in [-0.05, 0) is 12.0 Å². The molecule has 2 atom stereocenters. The van der Waals surface area contributed by atoms with Crippen molar-refractivity contribution in [1.82, 2.24) is 0 Å². The van der Waals surface area contributed by atoms with E-state index in [9.17, 15) is 20.1 Å². The number of aliphatic hydroxyl groups is 1. The van der Waals surface area contributed by atoms with E-state index < -0.39 is 17.8 Å². The normalized spacial score (nSPS) is 20.5. The third-order valence-electron chi connectivity index (χ3n) is 4.09. The topological polar surface area (TPSA) is 87.0 Å². The number of carbonyl (C=O) groups is 1. The van der Waals surface area contributed by atoms with Crippen molar-refractivity contribution >= 4 is 5.78 Å². The molecule has 2 aromatic rings. The molecule has 0 spiro atoms. The molecule has 22 heavy (non-hydrogen) atoms. The van der Waals surface area contributed by atoms with Crippen LogP contribution in [0, 0.1) is 0 Å². The summed E-state index contributed by atoms with van der Waals surface area (Å²) in [7, 11) is 1.39. The van der Waals surface area contributed by atoms with Gasteiger partial charge in [0.1, 0.15) is 11.9 Å². The Labute approximate surface area is 127 Å². The monoisotopic (exact) mass is 300 g/mol. The number of rotatable bonds is 2. The van der Waals surface area contributed by atoms with Crippen molar-refractivity contribution in [2.24, 2.45) is 0 Å². The van der Waals surface area contributed by atoms with Crippen molar-refractivity contribution < 1.29 is 24.9 Å². The van der Waals surface area contributed by atoms with Crippen LogP contribution in [0.4, 0.5) is 0 Å². The molecule has 0 aliphatic heterocycles. The number of fused-ring (bicyclic) bond motifs is 1. The largest absolute Gasteiger partial charge is 0.507 e. The summed E-state index contributed by atoms with van der Waals surface area (Å²) in [4.78, 5) is 12.5. The first-order chi connectivity index (χ1) is 10.5. The summed E-state index contributed by atoms with van der Waals surface area (Å²) in [6.07, 6.45) is -0.952. The van der Waals surface area contributed by atoms with Gasteiger partial charge in [0.05, 0.1) is 12.7 Å². The van der Waals surface area contributed by atoms with E-state index in [4.69, 9.17) is 4.74 Å². The number of ether oxygens (including phenoxy) is 1. The summed E-state index contributed by atoms with van der Waals surface area (Å²) in [6, 6.07) is 10.2. The van der Waals surface area contributed by atoms with E-state index in [1.54, 1.807) is 0 Å². The summed E-state index contributed by atoms with van der Waals surface area (Å²) in [5.74, 6) is -1.42. The predicted molar refractivity (Wildman–Crippen MR) is 79.5 cm³/mol. The maximum absolute atomic E-state index is 12.5. The standard InChI is InChI=1S/C17H16O5/c1-22-17-11-7-10(9-5-3-2-4-6-9)15(20)16(21)14(11)12(18)8-13(17)19/h2-6,8,10,15,18-20H,7H2,1H3. The van der Waals surface area contributed by atoms with Gasteiger partial charge in [-0.1, -0.05) is 30.3 Å². The zero-order valence-corrected chi connectivity index (χ0v) is 12.0. The number of carbonyl (C=O) groups excluding carboxylic acids is 1. The van der Waals surface area contributed by atoms with Gasteiger partial charge in [0, 0.05) is 17.5 Å². The maximum Gasteiger partial charge on any atom is 0.196 e. The second-order valence-electron chi connectivity index (χ2n) is 5.33. The molecular formula is C17H16O5. The fourth-order valence-electron chi connectivity index (χ4n) is 3.05. The zero-order chi connectivity index (χ0) is 15.9. The minimum atomic E-state index is -1.24. The number of hydrogen-bond acceptors (Lipinski definition) is 5. The average molecular weight is 300 g/mol. The summed E-state index contributed by atoms with van der Waals surface area (Å²) in [5.41, 5.74) is 1.26. The summed E-state index contributed by atoms with van der Waals surface area (Å²) in [5, 5.41) is 30.2. The fourth-order valence-corrected chi connectivity index (χ4v) is 3.05. The summed E-state index contributed by atoms with van der Waals surface area (Å²) >= 11 is 0. The lowest BCUT2D eigenvalue weighted by molar-refractivity contribution is 0.0658. The summed E-state index contributed by atoms with van der Waals surface area (Å²) < 4.78 is 5.17. The first kappa shape index (κ1) is 14.4. The molecular weight excluding hydrogens is 284 g/mol. The van der Waals surface area contributed by atoms with Crippen LogP contribution in [0.2, 0.25) is 0 Å². The minimum Gasteiger partial charge on any atom is -0.507 e. The molecule has 0 saturated carbocycles. The Hall–Kier alpha value is -2.53. The lowest BCUT2D eigenvalue weighted by atomic mass is 9.76. The lowest BCUT2D eigenvalue weighted by Crippen LogP contribution is -2.35. The van der Waals surface area contributed by atoms with Crippen LogP contribution in [-0.4, -0.2) is 34.3 Å². The Morgan fingerprint density at radius 2 is 1.82 bits per heavy atom. The highest BCUT2D eigenvalue weighted by Gasteiger charge is 2.39. The molecule has 5 nitrogen and oxygen atoms in total. The Bertz CT molecular complexity index is 724. The van der Waals surface area contributed by atoms with Crippen molar-refractivity contribution in [1.29, 1.82) is 0 Å². The number of methoxy groups -OCH3 is 1. The molecule has 2 aromatic carbocycles. The lowest BCUT2D eigenvalue weighted by Gasteiger charge is -2.30. The molecule has 0 heterocycles. The van der Waals surface area contributed by atoms with Gasteiger partial charge in [0.2, 0.25) is 0 Å². The molecule has 0 radical (unpaired) electrons. The Balaban J connectivity index is 2.17. The third kappa shape index (κ3) is 2.10. The average Bonchev–Trinajstić information content (AvgIpc) is 2.51. The van der Waals surface area contributed by atoms with E-state index in [1.807, 2.05) is 30.3 Å². The number of aromatic hydroxyl groups is 2. The van der Waals surface area contributed by atoms with Crippen LogP contribution in [0.3, 0.4) is 0 Å². The number of phenolic OH excluding ortho intramolecular Hbond substituents is 2. The van der Waals surface area contributed by atoms with Crippen molar-refractivity contribution in [3.63, 3.8) is 0 Å². The van der Waals surface area contributed by atoms with Crippen LogP contribution in [-0.2, 0) is 6.42 Å². The van der Waals surface area contributed by atoms with Gasteiger partial charge in [-0.3, -0.25) is 4.79 Å². The number of ketones is 1. The quantitative estimate of drug-likeness (QED) is 0.789. The highest BCUT2D eigenvalue weighted by molar-refractivity contribution is 6.05. The van der Waals surface area contributed by atoms with Crippen LogP contribution < -0.4 is 4.74 Å². The smallest absolute Gasteiger partial charge is 0.196 e. The number of benzene rings is 2. The molecule has 1 aliphatic carbocycles. The molecule has 0 amide bonds. The van der Waals surface area contributed by atoms with Gasteiger partial charge in [0.15, 0.2) is 17.3 Å². The van der Waals surface area contributed by atoms with Crippen molar-refractivity contribution in [2.75, 3.05) is 7.11 Å². The van der Waals surface area contributed by atoms with Gasteiger partial charge in [-0.15, -0.1) is 0 Å². The van der Waals surface area contributed by atoms with E-state index in [0.29, 0.717) is 5.56 Å². The Kier molecular flexibility index (Phi) is 3.50. The predicted octanol–water partition coefficient (Wildman–Crippen LogP) is 1.99. The van der Waals surface area contributed by atoms with Gasteiger partial charge in [0.25, 0.3) is 0 Å². The zero-order valence-electron chi connectivity index (χ0n) is 12.0. The van der Waals surface area contributed by atoms with E-state index in [0.717, 1.165) is 11.6 Å². The number of phenols is 2. The molecule has 0 saturated heterocycles. The van der Waals surface area contributed by atoms with Crippen molar-refractivity contribution in [2.45, 2.75) is 18.4 Å². The van der Waals surface area contributed by atoms with Gasteiger partial charge in [-0.25, -0.2) is 0 Å². The molecule has 3 N–H and O–H groups in total. The molecule has 0 bridgehead atoms. The first-order valence-corrected chi connectivity index (χ1v) is 6.93. The first-order valence-electron chi connectivity index (χ1n) is 6.93. The SMILES string of the molecule is COc1c(O)cc(O)c2c1CC(c1ccccc1)C(O)C2=O. The highest BCUT2D eigenvalue weighted by atomic mass is 16.5. The van der Waals surface area contributed by atoms with Crippen molar-refractivity contribution in [3.05, 3.63) is 53.1 Å². The third-order valence-corrected chi connectivity index (χ3v) is 4.09. The second-order valence-corrected chi connectivity index (χ2v) is 5.33. The number of aliphatic hydroxyl groups excluding tert-OH is 1. The maximum atomic E-state index is 12.5. The van der Waals surface area contributed by atoms with Crippen LogP contribution in [0.15, 0.2) is 36.4 Å². The summed E-state index contributed by atoms with van der Waals surface area (Å²) in [6.45, 7) is 0. The number of hydrogen-bond donors (Lipinski definition) is 3. The second kappa shape index (κ2) is 5.35. The van der Waals surface area contributed by atoms with Crippen LogP contribution in [0.25, 0.3) is 0 Å². The molecule has 0 aromatic heterocycles. The Morgan fingerprint density at radius 3 is 2.45 bits per heavy atom. The van der Waals surface area contributed by atoms with Gasteiger partial charge < -0.3 is 20.1 Å². The van der Waals surface area contributed by atoms with Crippen LogP contribution in [0.1, 0.15) is 27.4 Å². The molecule has 2 unspecified atom stereocenters. The molecule has 5 heteroatoms. The van der Waals surface area contributed by atoms with E-state index in [1.165, 1.54) is 7.11 Å². The van der Waals surface area contributed by atoms with E-state index in [2.05, 4.69) is 0 Å². The van der Waals surface area contributed by atoms with Crippen molar-refractivity contribution in [3.8, 4) is 17.2 Å². The fraction of sp³-hybridized carbons (Fsp3) is 0.235. The molecule has 0 fully saturated rings. The van der Waals surface area contributed by atoms with Gasteiger partial charge in [-0.2, -0.15) is 0 Å². The molecule has 3 rings (SSSR count). The van der Waals surface area contributed by atoms with Crippen LogP contribution >= 0.6 is 0 Å². The molecule has 114 valence electrons. The Morgan fingerprint density at radius 1 is 1.14 bits per heavy atom. The highest BCUT2D eigenvalue weighted by Crippen LogP contribution is 2.45. The van der Waals surface area contributed by atoms with E-state index >= 15 is 0 Å². The number of Topliss-reactive ketones (excluding diaryl/α,β-unsaturated/α-hetero) is 1. The van der Waals surface area contributed by atoms with Crippen LogP contribution in [0.5, 0.6) is 17.2 Å².